The van der Waals surface area contributed by atoms with Crippen LogP contribution in [-0.4, -0.2) is 16.1 Å². The lowest BCUT2D eigenvalue weighted by atomic mass is 10.3. The van der Waals surface area contributed by atoms with Gasteiger partial charge in [-0.15, -0.1) is 0 Å². The number of nitrogens with one attached hydrogen (secondary N) is 1. The van der Waals surface area contributed by atoms with Gasteiger partial charge < -0.3 is 15.1 Å². The van der Waals surface area contributed by atoms with E-state index in [-0.39, 0.29) is 6.29 Å². The topological polar surface area (TPSA) is 69.6 Å². The van der Waals surface area contributed by atoms with Crippen molar-refractivity contribution in [2.75, 3.05) is 11.6 Å². The minimum absolute atomic E-state index is 0.366. The van der Waals surface area contributed by atoms with Gasteiger partial charge in [-0.2, -0.15) is 0 Å². The summed E-state index contributed by atoms with van der Waals surface area (Å²) in [4.78, 5) is 17.1. The molecule has 0 unspecified atom stereocenters. The Kier molecular flexibility index (Phi) is 3.33. The first-order chi connectivity index (χ1) is 5.97. The van der Waals surface area contributed by atoms with Crippen LogP contribution in [0.25, 0.3) is 0 Å². The van der Waals surface area contributed by atoms with E-state index in [1.165, 1.54) is 0 Å². The molecule has 0 aliphatic rings. The molecule has 0 spiro atoms. The van der Waals surface area contributed by atoms with E-state index in [0.717, 1.165) is 0 Å². The van der Waals surface area contributed by atoms with E-state index in [1.54, 1.807) is 24.3 Å². The zero-order valence-corrected chi connectivity index (χ0v) is 8.29. The Morgan fingerprint density at radius 3 is 2.31 bits per heavy atom. The van der Waals surface area contributed by atoms with Crippen molar-refractivity contribution in [3.63, 3.8) is 0 Å². The molecule has 4 nitrogen and oxygen atoms in total. The van der Waals surface area contributed by atoms with Crippen molar-refractivity contribution < 1.29 is 14.4 Å². The summed E-state index contributed by atoms with van der Waals surface area (Å²) < 4.78 is 10.5. The number of benzene rings is 1. The number of hydrogen-bond donors (Lipinski definition) is 3. The summed E-state index contributed by atoms with van der Waals surface area (Å²) in [5.41, 5.74) is 0.632. The Morgan fingerprint density at radius 1 is 1.31 bits per heavy atom. The molecule has 1 rings (SSSR count). The number of hydrogen-bond acceptors (Lipinski definition) is 2. The molecule has 3 N–H and O–H groups in total. The SMILES string of the molecule is O=P(O)(O)CNc1ccc(Cl)cc1. The van der Waals surface area contributed by atoms with Gasteiger partial charge in [-0.25, -0.2) is 0 Å². The smallest absolute Gasteiger partial charge is 0.344 e. The average Bonchev–Trinajstić information content (AvgIpc) is 2.02. The highest BCUT2D eigenvalue weighted by atomic mass is 35.5. The molecule has 13 heavy (non-hydrogen) atoms. The van der Waals surface area contributed by atoms with Gasteiger partial charge in [0, 0.05) is 10.7 Å². The lowest BCUT2D eigenvalue weighted by Gasteiger charge is -2.07. The molecule has 0 saturated heterocycles. The van der Waals surface area contributed by atoms with Crippen molar-refractivity contribution in [3.8, 4) is 0 Å². The van der Waals surface area contributed by atoms with E-state index in [1.807, 2.05) is 0 Å². The molecular formula is C7H9ClNO3P. The van der Waals surface area contributed by atoms with Gasteiger partial charge in [0.1, 0.15) is 6.29 Å². The summed E-state index contributed by atoms with van der Waals surface area (Å²) in [5, 5.41) is 3.17. The van der Waals surface area contributed by atoms with Gasteiger partial charge >= 0.3 is 7.60 Å². The van der Waals surface area contributed by atoms with Crippen molar-refractivity contribution in [2.24, 2.45) is 0 Å². The van der Waals surface area contributed by atoms with Crippen LogP contribution < -0.4 is 5.32 Å². The highest BCUT2D eigenvalue weighted by Gasteiger charge is 2.11. The van der Waals surface area contributed by atoms with Crippen molar-refractivity contribution in [1.82, 2.24) is 0 Å². The maximum Gasteiger partial charge on any atom is 0.344 e. The van der Waals surface area contributed by atoms with Crippen molar-refractivity contribution in [1.29, 1.82) is 0 Å². The second-order valence-electron chi connectivity index (χ2n) is 2.51. The van der Waals surface area contributed by atoms with E-state index in [2.05, 4.69) is 5.32 Å². The largest absolute Gasteiger partial charge is 0.374 e. The molecule has 0 atom stereocenters. The van der Waals surface area contributed by atoms with Gasteiger partial charge in [0.05, 0.1) is 0 Å². The van der Waals surface area contributed by atoms with Gasteiger partial charge in [-0.05, 0) is 24.3 Å². The summed E-state index contributed by atoms with van der Waals surface area (Å²) in [6, 6.07) is 6.59. The van der Waals surface area contributed by atoms with Gasteiger partial charge in [0.2, 0.25) is 0 Å². The first kappa shape index (κ1) is 10.5. The highest BCUT2D eigenvalue weighted by Crippen LogP contribution is 2.33. The van der Waals surface area contributed by atoms with Crippen LogP contribution in [0, 0.1) is 0 Å². The predicted octanol–water partition coefficient (Wildman–Crippen LogP) is 1.89. The van der Waals surface area contributed by atoms with E-state index in [4.69, 9.17) is 21.4 Å². The predicted molar refractivity (Wildman–Crippen MR) is 52.0 cm³/mol. The lowest BCUT2D eigenvalue weighted by Crippen LogP contribution is -2.01. The van der Waals surface area contributed by atoms with Crippen LogP contribution in [0.1, 0.15) is 0 Å². The van der Waals surface area contributed by atoms with Gasteiger partial charge in [0.15, 0.2) is 0 Å². The van der Waals surface area contributed by atoms with Crippen LogP contribution in [0.2, 0.25) is 5.02 Å². The number of anilines is 1. The summed E-state index contributed by atoms with van der Waals surface area (Å²) in [5.74, 6) is 0. The third-order valence-electron chi connectivity index (χ3n) is 1.33. The van der Waals surface area contributed by atoms with E-state index in [0.29, 0.717) is 10.7 Å². The fourth-order valence-electron chi connectivity index (χ4n) is 0.762. The Hall–Kier alpha value is -0.540. The summed E-state index contributed by atoms with van der Waals surface area (Å²) in [7, 11) is -3.99. The van der Waals surface area contributed by atoms with Crippen LogP contribution in [-0.2, 0) is 4.57 Å². The van der Waals surface area contributed by atoms with Crippen LogP contribution >= 0.6 is 19.2 Å². The second-order valence-corrected chi connectivity index (χ2v) is 4.59. The Bertz CT molecular complexity index is 321. The Morgan fingerprint density at radius 2 is 1.85 bits per heavy atom. The fraction of sp³-hybridized carbons (Fsp3) is 0.143. The summed E-state index contributed by atoms with van der Waals surface area (Å²) in [6.45, 7) is 0. The Labute approximate surface area is 80.7 Å². The minimum atomic E-state index is -3.99. The van der Waals surface area contributed by atoms with E-state index >= 15 is 0 Å². The third kappa shape index (κ3) is 4.29. The van der Waals surface area contributed by atoms with Crippen LogP contribution in [0.4, 0.5) is 5.69 Å². The van der Waals surface area contributed by atoms with Gasteiger partial charge in [0.25, 0.3) is 0 Å². The molecule has 0 bridgehead atoms. The summed E-state index contributed by atoms with van der Waals surface area (Å²) in [6.07, 6.45) is -0.366. The quantitative estimate of drug-likeness (QED) is 0.682. The highest BCUT2D eigenvalue weighted by molar-refractivity contribution is 7.51. The second kappa shape index (κ2) is 4.11. The molecule has 0 amide bonds. The molecule has 72 valence electrons. The molecule has 1 aromatic rings. The van der Waals surface area contributed by atoms with E-state index in [9.17, 15) is 4.57 Å². The van der Waals surface area contributed by atoms with Gasteiger partial charge in [-0.1, -0.05) is 11.6 Å². The molecule has 0 fully saturated rings. The number of rotatable bonds is 3. The molecule has 0 aliphatic carbocycles. The maximum atomic E-state index is 10.5. The molecule has 0 heterocycles. The molecule has 0 saturated carbocycles. The molecule has 0 aliphatic heterocycles. The van der Waals surface area contributed by atoms with Crippen LogP contribution in [0.15, 0.2) is 24.3 Å². The minimum Gasteiger partial charge on any atom is -0.374 e. The molecule has 0 aromatic heterocycles. The fourth-order valence-corrected chi connectivity index (χ4v) is 1.28. The average molecular weight is 222 g/mol. The van der Waals surface area contributed by atoms with Crippen LogP contribution in [0.5, 0.6) is 0 Å². The van der Waals surface area contributed by atoms with Gasteiger partial charge in [-0.3, -0.25) is 4.57 Å². The monoisotopic (exact) mass is 221 g/mol. The number of halogens is 1. The Balaban J connectivity index is 2.56. The molecule has 0 radical (unpaired) electrons. The zero-order valence-electron chi connectivity index (χ0n) is 6.64. The van der Waals surface area contributed by atoms with Crippen LogP contribution in [0.3, 0.4) is 0 Å². The van der Waals surface area contributed by atoms with E-state index < -0.39 is 7.60 Å². The summed E-state index contributed by atoms with van der Waals surface area (Å²) >= 11 is 5.62. The van der Waals surface area contributed by atoms with Crippen molar-refractivity contribution >= 4 is 24.9 Å². The molecule has 6 heteroatoms. The lowest BCUT2D eigenvalue weighted by molar-refractivity contribution is 0.375. The molecule has 1 aromatic carbocycles. The standard InChI is InChI=1S/C7H9ClNO3P/c8-6-1-3-7(4-2-6)9-5-13(10,11)12/h1-4,9H,5H2,(H2,10,11,12). The normalized spacial score (nSPS) is 11.3. The van der Waals surface area contributed by atoms with Crippen molar-refractivity contribution in [2.45, 2.75) is 0 Å². The first-order valence-electron chi connectivity index (χ1n) is 3.51. The third-order valence-corrected chi connectivity index (χ3v) is 2.16. The first-order valence-corrected chi connectivity index (χ1v) is 5.69. The zero-order chi connectivity index (χ0) is 9.90. The van der Waals surface area contributed by atoms with Crippen molar-refractivity contribution in [3.05, 3.63) is 29.3 Å². The molecular weight excluding hydrogens is 213 g/mol. The maximum absolute atomic E-state index is 10.5.